The highest BCUT2D eigenvalue weighted by Gasteiger charge is 2.27. The molecule has 5 aromatic carbocycles. The topological polar surface area (TPSA) is 38.3 Å². The van der Waals surface area contributed by atoms with E-state index < -0.39 is 0 Å². The van der Waals surface area contributed by atoms with Gasteiger partial charge in [-0.25, -0.2) is 0 Å². The molecule has 3 nitrogen and oxygen atoms in total. The van der Waals surface area contributed by atoms with Crippen molar-refractivity contribution in [2.24, 2.45) is 0 Å². The van der Waals surface area contributed by atoms with Crippen LogP contribution in [-0.2, 0) is 0 Å². The molecular formula is C30H17NO2. The summed E-state index contributed by atoms with van der Waals surface area (Å²) in [5, 5.41) is 15.1. The van der Waals surface area contributed by atoms with Crippen LogP contribution < -0.4 is 0 Å². The van der Waals surface area contributed by atoms with Gasteiger partial charge in [0.05, 0.1) is 16.7 Å². The Balaban J connectivity index is 1.70. The van der Waals surface area contributed by atoms with Gasteiger partial charge in [-0.3, -0.25) is 0 Å². The fraction of sp³-hybridized carbons (Fsp3) is 0. The van der Waals surface area contributed by atoms with Crippen LogP contribution in [0.4, 0.5) is 0 Å². The number of phenolic OH excluding ortho intramolecular Hbond substituents is 1. The summed E-state index contributed by atoms with van der Waals surface area (Å²) in [6.07, 6.45) is 0. The SMILES string of the molecule is Oc1ccc2c(c1)-c1ccc3c(oc4ccccc43)c1-c1cccc3c4ccccc4n-2c13. The lowest BCUT2D eigenvalue weighted by Gasteiger charge is -2.13. The first-order valence-electron chi connectivity index (χ1n) is 11.1. The number of phenols is 1. The maximum absolute atomic E-state index is 10.5. The van der Waals surface area contributed by atoms with Crippen LogP contribution >= 0.6 is 0 Å². The molecule has 0 unspecified atom stereocenters. The number of hydrogen-bond acceptors (Lipinski definition) is 2. The lowest BCUT2D eigenvalue weighted by molar-refractivity contribution is 0.475. The van der Waals surface area contributed by atoms with Crippen molar-refractivity contribution in [3.63, 3.8) is 0 Å². The Kier molecular flexibility index (Phi) is 3.03. The minimum Gasteiger partial charge on any atom is -0.508 e. The number of nitrogens with zero attached hydrogens (tertiary/aromatic N) is 1. The quantitative estimate of drug-likeness (QED) is 0.268. The van der Waals surface area contributed by atoms with Gasteiger partial charge in [-0.05, 0) is 42.0 Å². The predicted octanol–water partition coefficient (Wildman–Crippen LogP) is 8.04. The zero-order valence-electron chi connectivity index (χ0n) is 17.5. The van der Waals surface area contributed by atoms with E-state index in [-0.39, 0.29) is 5.75 Å². The third-order valence-electron chi connectivity index (χ3n) is 7.02. The molecule has 3 heteroatoms. The normalized spacial score (nSPS) is 12.4. The molecule has 1 N–H and O–H groups in total. The second-order valence-electron chi connectivity index (χ2n) is 8.72. The van der Waals surface area contributed by atoms with Crippen molar-refractivity contribution < 1.29 is 9.52 Å². The molecule has 7 aromatic rings. The van der Waals surface area contributed by atoms with Gasteiger partial charge < -0.3 is 14.1 Å². The second kappa shape index (κ2) is 5.84. The smallest absolute Gasteiger partial charge is 0.143 e. The van der Waals surface area contributed by atoms with E-state index in [9.17, 15) is 5.11 Å². The van der Waals surface area contributed by atoms with Crippen molar-refractivity contribution in [1.29, 1.82) is 0 Å². The maximum Gasteiger partial charge on any atom is 0.143 e. The van der Waals surface area contributed by atoms with Crippen molar-refractivity contribution in [3.8, 4) is 33.7 Å². The summed E-state index contributed by atoms with van der Waals surface area (Å²) in [5.41, 5.74) is 9.41. The van der Waals surface area contributed by atoms with E-state index in [2.05, 4.69) is 71.3 Å². The van der Waals surface area contributed by atoms with Crippen LogP contribution in [0.2, 0.25) is 0 Å². The summed E-state index contributed by atoms with van der Waals surface area (Å²) < 4.78 is 8.84. The highest BCUT2D eigenvalue weighted by Crippen LogP contribution is 2.50. The van der Waals surface area contributed by atoms with Gasteiger partial charge in [0.2, 0.25) is 0 Å². The minimum atomic E-state index is 0.253. The zero-order valence-corrected chi connectivity index (χ0v) is 17.5. The van der Waals surface area contributed by atoms with Crippen LogP contribution in [0.25, 0.3) is 71.7 Å². The molecule has 0 radical (unpaired) electrons. The summed E-state index contributed by atoms with van der Waals surface area (Å²) in [6, 6.07) is 33.2. The minimum absolute atomic E-state index is 0.253. The molecule has 0 spiro atoms. The van der Waals surface area contributed by atoms with Crippen molar-refractivity contribution in [2.75, 3.05) is 0 Å². The number of aromatic hydroxyl groups is 1. The van der Waals surface area contributed by atoms with E-state index in [1.54, 1.807) is 6.07 Å². The average Bonchev–Trinajstić information content (AvgIpc) is 3.36. The lowest BCUT2D eigenvalue weighted by Crippen LogP contribution is -1.95. The van der Waals surface area contributed by atoms with E-state index in [4.69, 9.17) is 4.42 Å². The number of rotatable bonds is 0. The number of para-hydroxylation sites is 3. The number of fused-ring (bicyclic) bond motifs is 12. The first kappa shape index (κ1) is 17.1. The molecule has 154 valence electrons. The second-order valence-corrected chi connectivity index (χ2v) is 8.72. The Bertz CT molecular complexity index is 1940. The van der Waals surface area contributed by atoms with Gasteiger partial charge in [0.1, 0.15) is 16.9 Å². The van der Waals surface area contributed by atoms with Crippen molar-refractivity contribution in [3.05, 3.63) is 97.1 Å². The van der Waals surface area contributed by atoms with E-state index >= 15 is 0 Å². The molecule has 0 aliphatic carbocycles. The molecule has 0 fully saturated rings. The van der Waals surface area contributed by atoms with Crippen LogP contribution in [0.1, 0.15) is 0 Å². The fourth-order valence-electron chi connectivity index (χ4n) is 5.69. The van der Waals surface area contributed by atoms with Crippen LogP contribution in [-0.4, -0.2) is 9.67 Å². The summed E-state index contributed by atoms with van der Waals surface area (Å²) in [5.74, 6) is 0.253. The largest absolute Gasteiger partial charge is 0.508 e. The predicted molar refractivity (Wildman–Crippen MR) is 134 cm³/mol. The maximum atomic E-state index is 10.5. The van der Waals surface area contributed by atoms with Gasteiger partial charge in [0, 0.05) is 38.2 Å². The monoisotopic (exact) mass is 423 g/mol. The van der Waals surface area contributed by atoms with E-state index in [0.717, 1.165) is 60.9 Å². The van der Waals surface area contributed by atoms with Crippen LogP contribution in [0.15, 0.2) is 101 Å². The Labute approximate surface area is 188 Å². The van der Waals surface area contributed by atoms with Gasteiger partial charge in [-0.1, -0.05) is 60.7 Å². The van der Waals surface area contributed by atoms with Gasteiger partial charge in [0.25, 0.3) is 0 Å². The van der Waals surface area contributed by atoms with Crippen molar-refractivity contribution >= 4 is 43.7 Å². The molecule has 2 aromatic heterocycles. The molecule has 0 bridgehead atoms. The molecule has 8 rings (SSSR count). The first-order valence-corrected chi connectivity index (χ1v) is 11.1. The van der Waals surface area contributed by atoms with Crippen LogP contribution in [0.5, 0.6) is 5.75 Å². The standard InChI is InChI=1S/C30H17NO2/c32-17-12-15-26-24(16-17)20-13-14-22-19-7-2-4-11-27(19)33-30(22)28(20)23-9-5-8-21-18-6-1-3-10-25(18)31(26)29(21)23/h1-16,32H. The molecule has 1 aliphatic rings. The molecule has 33 heavy (non-hydrogen) atoms. The van der Waals surface area contributed by atoms with Crippen LogP contribution in [0.3, 0.4) is 0 Å². The average molecular weight is 423 g/mol. The summed E-state index contributed by atoms with van der Waals surface area (Å²) in [7, 11) is 0. The molecule has 1 aliphatic heterocycles. The van der Waals surface area contributed by atoms with E-state index in [0.29, 0.717) is 0 Å². The van der Waals surface area contributed by atoms with Gasteiger partial charge in [-0.2, -0.15) is 0 Å². The van der Waals surface area contributed by atoms with Crippen LogP contribution in [0, 0.1) is 0 Å². The molecule has 0 atom stereocenters. The molecular weight excluding hydrogens is 406 g/mol. The number of benzene rings is 5. The highest BCUT2D eigenvalue weighted by molar-refractivity contribution is 6.21. The number of hydrogen-bond donors (Lipinski definition) is 1. The Morgan fingerprint density at radius 1 is 0.606 bits per heavy atom. The lowest BCUT2D eigenvalue weighted by atomic mass is 9.91. The van der Waals surface area contributed by atoms with Gasteiger partial charge in [0.15, 0.2) is 0 Å². The Morgan fingerprint density at radius 3 is 2.36 bits per heavy atom. The number of furan rings is 1. The summed E-state index contributed by atoms with van der Waals surface area (Å²) >= 11 is 0. The molecule has 0 amide bonds. The fourth-order valence-corrected chi connectivity index (χ4v) is 5.69. The summed E-state index contributed by atoms with van der Waals surface area (Å²) in [6.45, 7) is 0. The third-order valence-corrected chi connectivity index (χ3v) is 7.02. The number of aromatic nitrogens is 1. The Morgan fingerprint density at radius 2 is 1.42 bits per heavy atom. The molecule has 3 heterocycles. The molecule has 0 saturated heterocycles. The van der Waals surface area contributed by atoms with Gasteiger partial charge >= 0.3 is 0 Å². The van der Waals surface area contributed by atoms with Gasteiger partial charge in [-0.15, -0.1) is 0 Å². The zero-order chi connectivity index (χ0) is 21.7. The van der Waals surface area contributed by atoms with Crippen molar-refractivity contribution in [2.45, 2.75) is 0 Å². The van der Waals surface area contributed by atoms with Crippen molar-refractivity contribution in [1.82, 2.24) is 4.57 Å². The molecule has 0 saturated carbocycles. The van der Waals surface area contributed by atoms with E-state index in [1.165, 1.54) is 10.8 Å². The van der Waals surface area contributed by atoms with E-state index in [1.807, 2.05) is 24.3 Å². The first-order chi connectivity index (χ1) is 16.3. The summed E-state index contributed by atoms with van der Waals surface area (Å²) in [4.78, 5) is 0. The third kappa shape index (κ3) is 2.05. The Hall–Kier alpha value is -4.50. The highest BCUT2D eigenvalue weighted by atomic mass is 16.3.